The third kappa shape index (κ3) is 3.62. The average Bonchev–Trinajstić information content (AvgIpc) is 3.13. The second-order valence-corrected chi connectivity index (χ2v) is 6.29. The molecule has 1 aliphatic carbocycles. The highest BCUT2D eigenvalue weighted by molar-refractivity contribution is 7.99. The predicted molar refractivity (Wildman–Crippen MR) is 75.7 cm³/mol. The third-order valence-corrected chi connectivity index (χ3v) is 4.55. The van der Waals surface area contributed by atoms with E-state index in [-0.39, 0.29) is 12.0 Å². The van der Waals surface area contributed by atoms with E-state index in [1.54, 1.807) is 18.3 Å². The van der Waals surface area contributed by atoms with Crippen molar-refractivity contribution in [2.45, 2.75) is 25.4 Å². The Kier molecular flexibility index (Phi) is 3.92. The van der Waals surface area contributed by atoms with Gasteiger partial charge in [0.15, 0.2) is 0 Å². The molecular weight excluding hydrogens is 260 g/mol. The highest BCUT2D eigenvalue weighted by Crippen LogP contribution is 2.27. The molecule has 3 rings (SSSR count). The number of nitrogens with one attached hydrogen (secondary N) is 1. The molecule has 4 nitrogen and oxygen atoms in total. The molecular formula is C14H18N2O2S. The highest BCUT2D eigenvalue weighted by Gasteiger charge is 2.22. The van der Waals surface area contributed by atoms with E-state index in [1.807, 2.05) is 11.8 Å². The summed E-state index contributed by atoms with van der Waals surface area (Å²) in [5, 5.41) is 2.96. The monoisotopic (exact) mass is 278 g/mol. The number of rotatable bonds is 5. The fourth-order valence-electron chi connectivity index (χ4n) is 2.05. The van der Waals surface area contributed by atoms with Gasteiger partial charge < -0.3 is 10.1 Å². The van der Waals surface area contributed by atoms with Crippen LogP contribution < -0.4 is 10.1 Å². The Labute approximate surface area is 117 Å². The molecule has 0 aromatic carbocycles. The smallest absolute Gasteiger partial charge is 0.251 e. The number of thioether (sulfide) groups is 1. The first-order chi connectivity index (χ1) is 9.31. The zero-order valence-electron chi connectivity index (χ0n) is 10.8. The number of hydrogen-bond donors (Lipinski definition) is 1. The van der Waals surface area contributed by atoms with E-state index in [2.05, 4.69) is 10.3 Å². The van der Waals surface area contributed by atoms with E-state index in [1.165, 1.54) is 12.8 Å². The number of carbonyl (C=O) groups excluding carboxylic acids is 1. The standard InChI is InChI=1S/C14H18N2O2S/c17-14(16-8-10-1-2-10)11-3-5-15-13(7-11)18-12-4-6-19-9-12/h3,5,7,10,12H,1-2,4,6,8-9H2,(H,16,17)/t12-/m1/s1. The molecule has 1 amide bonds. The lowest BCUT2D eigenvalue weighted by molar-refractivity contribution is 0.0950. The van der Waals surface area contributed by atoms with Crippen molar-refractivity contribution in [1.82, 2.24) is 10.3 Å². The molecule has 1 saturated heterocycles. The number of aromatic nitrogens is 1. The van der Waals surface area contributed by atoms with Crippen LogP contribution in [0, 0.1) is 5.92 Å². The fourth-order valence-corrected chi connectivity index (χ4v) is 3.15. The maximum absolute atomic E-state index is 12.0. The summed E-state index contributed by atoms with van der Waals surface area (Å²) in [4.78, 5) is 16.1. The van der Waals surface area contributed by atoms with Crippen LogP contribution in [0.1, 0.15) is 29.6 Å². The van der Waals surface area contributed by atoms with E-state index < -0.39 is 0 Å². The van der Waals surface area contributed by atoms with E-state index in [0.29, 0.717) is 17.4 Å². The maximum atomic E-state index is 12.0. The first kappa shape index (κ1) is 12.8. The van der Waals surface area contributed by atoms with Gasteiger partial charge in [0.2, 0.25) is 5.88 Å². The zero-order valence-corrected chi connectivity index (χ0v) is 11.6. The summed E-state index contributed by atoms with van der Waals surface area (Å²) in [5.74, 6) is 3.38. The van der Waals surface area contributed by atoms with Crippen molar-refractivity contribution in [1.29, 1.82) is 0 Å². The molecule has 1 aromatic rings. The van der Waals surface area contributed by atoms with Crippen LogP contribution in [0.3, 0.4) is 0 Å². The number of carbonyl (C=O) groups is 1. The van der Waals surface area contributed by atoms with E-state index in [0.717, 1.165) is 24.5 Å². The van der Waals surface area contributed by atoms with Crippen molar-refractivity contribution in [3.63, 3.8) is 0 Å². The number of amides is 1. The van der Waals surface area contributed by atoms with Gasteiger partial charge in [-0.15, -0.1) is 0 Å². The molecule has 0 spiro atoms. The first-order valence-electron chi connectivity index (χ1n) is 6.80. The summed E-state index contributed by atoms with van der Waals surface area (Å²) in [6, 6.07) is 3.48. The Hall–Kier alpha value is -1.23. The number of nitrogens with zero attached hydrogens (tertiary/aromatic N) is 1. The lowest BCUT2D eigenvalue weighted by Crippen LogP contribution is -2.25. The van der Waals surface area contributed by atoms with Crippen molar-refractivity contribution in [2.24, 2.45) is 5.92 Å². The number of pyridine rings is 1. The quantitative estimate of drug-likeness (QED) is 0.896. The van der Waals surface area contributed by atoms with Gasteiger partial charge in [0.05, 0.1) is 0 Å². The molecule has 5 heteroatoms. The summed E-state index contributed by atoms with van der Waals surface area (Å²) < 4.78 is 5.79. The minimum Gasteiger partial charge on any atom is -0.473 e. The van der Waals surface area contributed by atoms with E-state index in [4.69, 9.17) is 4.74 Å². The van der Waals surface area contributed by atoms with Gasteiger partial charge in [-0.05, 0) is 37.0 Å². The summed E-state index contributed by atoms with van der Waals surface area (Å²) in [6.45, 7) is 0.788. The van der Waals surface area contributed by atoms with Crippen LogP contribution in [0.2, 0.25) is 0 Å². The Morgan fingerprint density at radius 1 is 1.47 bits per heavy atom. The van der Waals surface area contributed by atoms with Gasteiger partial charge in [-0.25, -0.2) is 4.98 Å². The van der Waals surface area contributed by atoms with Gasteiger partial charge in [0.25, 0.3) is 5.91 Å². The molecule has 0 unspecified atom stereocenters. The molecule has 0 bridgehead atoms. The van der Waals surface area contributed by atoms with Crippen LogP contribution in [-0.2, 0) is 0 Å². The van der Waals surface area contributed by atoms with Gasteiger partial charge in [-0.3, -0.25) is 4.79 Å². The molecule has 1 aliphatic heterocycles. The molecule has 1 N–H and O–H groups in total. The Balaban J connectivity index is 1.59. The van der Waals surface area contributed by atoms with Crippen molar-refractivity contribution in [3.8, 4) is 5.88 Å². The normalized spacial score (nSPS) is 22.2. The van der Waals surface area contributed by atoms with Crippen LogP contribution in [0.25, 0.3) is 0 Å². The van der Waals surface area contributed by atoms with Crippen LogP contribution >= 0.6 is 11.8 Å². The third-order valence-electron chi connectivity index (χ3n) is 3.42. The average molecular weight is 278 g/mol. The van der Waals surface area contributed by atoms with Gasteiger partial charge in [0.1, 0.15) is 6.10 Å². The second-order valence-electron chi connectivity index (χ2n) is 5.14. The van der Waals surface area contributed by atoms with Crippen LogP contribution in [-0.4, -0.2) is 35.0 Å². The SMILES string of the molecule is O=C(NCC1CC1)c1ccnc(O[C@@H]2CCSC2)c1. The maximum Gasteiger partial charge on any atom is 0.251 e. The Morgan fingerprint density at radius 3 is 3.11 bits per heavy atom. The van der Waals surface area contributed by atoms with Crippen molar-refractivity contribution in [2.75, 3.05) is 18.1 Å². The van der Waals surface area contributed by atoms with Gasteiger partial charge >= 0.3 is 0 Å². The molecule has 2 aliphatic rings. The van der Waals surface area contributed by atoms with E-state index >= 15 is 0 Å². The zero-order chi connectivity index (χ0) is 13.1. The van der Waals surface area contributed by atoms with Crippen LogP contribution in [0.15, 0.2) is 18.3 Å². The summed E-state index contributed by atoms with van der Waals surface area (Å²) in [7, 11) is 0. The molecule has 102 valence electrons. The first-order valence-corrected chi connectivity index (χ1v) is 7.95. The summed E-state index contributed by atoms with van der Waals surface area (Å²) in [6.07, 6.45) is 5.42. The lowest BCUT2D eigenvalue weighted by atomic mass is 10.2. The largest absolute Gasteiger partial charge is 0.473 e. The topological polar surface area (TPSA) is 51.2 Å². The van der Waals surface area contributed by atoms with Gasteiger partial charge in [0, 0.05) is 30.1 Å². The molecule has 0 radical (unpaired) electrons. The Bertz CT molecular complexity index is 457. The summed E-state index contributed by atoms with van der Waals surface area (Å²) in [5.41, 5.74) is 0.635. The van der Waals surface area contributed by atoms with Crippen LogP contribution in [0.4, 0.5) is 0 Å². The van der Waals surface area contributed by atoms with Gasteiger partial charge in [-0.1, -0.05) is 0 Å². The van der Waals surface area contributed by atoms with Crippen molar-refractivity contribution >= 4 is 17.7 Å². The molecule has 19 heavy (non-hydrogen) atoms. The van der Waals surface area contributed by atoms with Crippen molar-refractivity contribution in [3.05, 3.63) is 23.9 Å². The molecule has 1 saturated carbocycles. The minimum atomic E-state index is -0.0278. The fraction of sp³-hybridized carbons (Fsp3) is 0.571. The lowest BCUT2D eigenvalue weighted by Gasteiger charge is -2.12. The highest BCUT2D eigenvalue weighted by atomic mass is 32.2. The number of ether oxygens (including phenoxy) is 1. The summed E-state index contributed by atoms with van der Waals surface area (Å²) >= 11 is 1.90. The van der Waals surface area contributed by atoms with Crippen molar-refractivity contribution < 1.29 is 9.53 Å². The Morgan fingerprint density at radius 2 is 2.37 bits per heavy atom. The predicted octanol–water partition coefficient (Wildman–Crippen LogP) is 2.11. The molecule has 1 aromatic heterocycles. The molecule has 1 atom stereocenters. The second kappa shape index (κ2) is 5.82. The minimum absolute atomic E-state index is 0.0278. The molecule has 2 heterocycles. The van der Waals surface area contributed by atoms with E-state index in [9.17, 15) is 4.79 Å². The van der Waals surface area contributed by atoms with Crippen LogP contribution in [0.5, 0.6) is 5.88 Å². The number of hydrogen-bond acceptors (Lipinski definition) is 4. The molecule has 2 fully saturated rings. The van der Waals surface area contributed by atoms with Gasteiger partial charge in [-0.2, -0.15) is 11.8 Å².